The zero-order chi connectivity index (χ0) is 17.2. The van der Waals surface area contributed by atoms with Crippen LogP contribution in [0.1, 0.15) is 26.3 Å². The van der Waals surface area contributed by atoms with E-state index in [0.29, 0.717) is 0 Å². The SMILES string of the molecule is O=C(Nc1cccc(C(=O)Cl)c1Cl)c1ccccc1C(F)(F)F. The van der Waals surface area contributed by atoms with Crippen LogP contribution in [-0.2, 0) is 6.18 Å². The van der Waals surface area contributed by atoms with Gasteiger partial charge < -0.3 is 5.32 Å². The molecule has 23 heavy (non-hydrogen) atoms. The number of carbonyl (C=O) groups excluding carboxylic acids is 2. The first kappa shape index (κ1) is 17.3. The number of halogens is 5. The van der Waals surface area contributed by atoms with Crippen LogP contribution in [0, 0.1) is 0 Å². The number of rotatable bonds is 3. The van der Waals surface area contributed by atoms with Gasteiger partial charge in [0.15, 0.2) is 0 Å². The number of benzene rings is 2. The van der Waals surface area contributed by atoms with E-state index >= 15 is 0 Å². The second kappa shape index (κ2) is 6.60. The van der Waals surface area contributed by atoms with E-state index in [0.717, 1.165) is 12.1 Å². The number of alkyl halides is 3. The topological polar surface area (TPSA) is 46.2 Å². The maximum absolute atomic E-state index is 12.9. The third-order valence-corrected chi connectivity index (χ3v) is 3.55. The molecule has 0 radical (unpaired) electrons. The highest BCUT2D eigenvalue weighted by Gasteiger charge is 2.34. The lowest BCUT2D eigenvalue weighted by Gasteiger charge is -2.13. The molecule has 0 aromatic heterocycles. The van der Waals surface area contributed by atoms with Crippen LogP contribution < -0.4 is 5.32 Å². The summed E-state index contributed by atoms with van der Waals surface area (Å²) in [5.41, 5.74) is -1.70. The van der Waals surface area contributed by atoms with Crippen molar-refractivity contribution in [3.63, 3.8) is 0 Å². The summed E-state index contributed by atoms with van der Waals surface area (Å²) in [5.74, 6) is -1.00. The Balaban J connectivity index is 2.38. The summed E-state index contributed by atoms with van der Waals surface area (Å²) in [7, 11) is 0. The van der Waals surface area contributed by atoms with Crippen LogP contribution in [0.3, 0.4) is 0 Å². The minimum atomic E-state index is -4.67. The molecule has 0 atom stereocenters. The number of amides is 1. The molecule has 1 amide bonds. The second-order valence-electron chi connectivity index (χ2n) is 4.44. The Morgan fingerprint density at radius 2 is 1.57 bits per heavy atom. The minimum absolute atomic E-state index is 0.0138. The van der Waals surface area contributed by atoms with Gasteiger partial charge in [0.25, 0.3) is 11.1 Å². The van der Waals surface area contributed by atoms with Crippen LogP contribution in [0.2, 0.25) is 5.02 Å². The molecule has 0 aliphatic heterocycles. The molecule has 0 saturated heterocycles. The number of anilines is 1. The zero-order valence-corrected chi connectivity index (χ0v) is 12.8. The lowest BCUT2D eigenvalue weighted by atomic mass is 10.1. The zero-order valence-electron chi connectivity index (χ0n) is 11.2. The number of carbonyl (C=O) groups is 2. The maximum Gasteiger partial charge on any atom is 0.417 e. The van der Waals surface area contributed by atoms with Crippen molar-refractivity contribution < 1.29 is 22.8 Å². The number of hydrogen-bond donors (Lipinski definition) is 1. The molecule has 0 saturated carbocycles. The smallest absolute Gasteiger partial charge is 0.321 e. The van der Waals surface area contributed by atoms with Crippen molar-refractivity contribution in [1.29, 1.82) is 0 Å². The van der Waals surface area contributed by atoms with Gasteiger partial charge in [0.05, 0.1) is 27.4 Å². The molecule has 3 nitrogen and oxygen atoms in total. The van der Waals surface area contributed by atoms with E-state index < -0.39 is 28.5 Å². The van der Waals surface area contributed by atoms with Gasteiger partial charge in [0.2, 0.25) is 0 Å². The van der Waals surface area contributed by atoms with Crippen LogP contribution in [0.4, 0.5) is 18.9 Å². The first-order valence-corrected chi connectivity index (χ1v) is 6.93. The molecule has 0 fully saturated rings. The molecule has 120 valence electrons. The van der Waals surface area contributed by atoms with E-state index in [9.17, 15) is 22.8 Å². The van der Waals surface area contributed by atoms with Crippen LogP contribution in [-0.4, -0.2) is 11.1 Å². The number of nitrogens with one attached hydrogen (secondary N) is 1. The fourth-order valence-corrected chi connectivity index (χ4v) is 2.36. The van der Waals surface area contributed by atoms with Gasteiger partial charge in [-0.3, -0.25) is 9.59 Å². The molecule has 0 aliphatic carbocycles. The predicted molar refractivity (Wildman–Crippen MR) is 81.0 cm³/mol. The van der Waals surface area contributed by atoms with Crippen LogP contribution in [0.25, 0.3) is 0 Å². The number of hydrogen-bond acceptors (Lipinski definition) is 2. The monoisotopic (exact) mass is 361 g/mol. The Hall–Kier alpha value is -2.05. The van der Waals surface area contributed by atoms with Gasteiger partial charge >= 0.3 is 6.18 Å². The Kier molecular flexibility index (Phi) is 4.97. The molecule has 2 aromatic carbocycles. The van der Waals surface area contributed by atoms with Crippen molar-refractivity contribution in [2.75, 3.05) is 5.32 Å². The standard InChI is InChI=1S/C15H8Cl2F3NO2/c16-12-9(13(17)22)5-3-7-11(12)21-14(23)8-4-1-2-6-10(8)15(18,19)20/h1-7H,(H,21,23). The van der Waals surface area contributed by atoms with Gasteiger partial charge in [-0.25, -0.2) is 0 Å². The maximum atomic E-state index is 12.9. The summed E-state index contributed by atoms with van der Waals surface area (Å²) >= 11 is 11.3. The first-order valence-electron chi connectivity index (χ1n) is 6.17. The molecule has 1 N–H and O–H groups in total. The van der Waals surface area contributed by atoms with E-state index in [2.05, 4.69) is 5.32 Å². The molecule has 8 heteroatoms. The van der Waals surface area contributed by atoms with E-state index in [1.54, 1.807) is 0 Å². The van der Waals surface area contributed by atoms with Crippen LogP contribution >= 0.6 is 23.2 Å². The Morgan fingerprint density at radius 1 is 0.957 bits per heavy atom. The van der Waals surface area contributed by atoms with Gasteiger partial charge in [-0.1, -0.05) is 29.8 Å². The highest BCUT2D eigenvalue weighted by Crippen LogP contribution is 2.33. The van der Waals surface area contributed by atoms with Gasteiger partial charge in [0, 0.05) is 0 Å². The highest BCUT2D eigenvalue weighted by molar-refractivity contribution is 6.69. The lowest BCUT2D eigenvalue weighted by molar-refractivity contribution is -0.137. The van der Waals surface area contributed by atoms with Crippen molar-refractivity contribution in [1.82, 2.24) is 0 Å². The molecule has 0 heterocycles. The molecule has 2 rings (SSSR count). The van der Waals surface area contributed by atoms with Gasteiger partial charge in [0.1, 0.15) is 0 Å². The summed E-state index contributed by atoms with van der Waals surface area (Å²) in [6.45, 7) is 0. The van der Waals surface area contributed by atoms with E-state index in [-0.39, 0.29) is 16.3 Å². The van der Waals surface area contributed by atoms with E-state index in [1.165, 1.54) is 30.3 Å². The van der Waals surface area contributed by atoms with E-state index in [1.807, 2.05) is 0 Å². The Morgan fingerprint density at radius 3 is 2.17 bits per heavy atom. The summed E-state index contributed by atoms with van der Waals surface area (Å²) in [4.78, 5) is 23.3. The Bertz CT molecular complexity index is 776. The van der Waals surface area contributed by atoms with Gasteiger partial charge in [-0.2, -0.15) is 13.2 Å². The largest absolute Gasteiger partial charge is 0.417 e. The summed E-state index contributed by atoms with van der Waals surface area (Å²) in [5, 5.41) is 1.26. The van der Waals surface area contributed by atoms with Crippen molar-refractivity contribution in [3.05, 3.63) is 64.2 Å². The van der Waals surface area contributed by atoms with Gasteiger partial charge in [-0.05, 0) is 35.9 Å². The quantitative estimate of drug-likeness (QED) is 0.782. The molecule has 2 aromatic rings. The average Bonchev–Trinajstić information content (AvgIpc) is 2.48. The normalized spacial score (nSPS) is 11.2. The summed E-state index contributed by atoms with van der Waals surface area (Å²) in [6, 6.07) is 8.41. The molecule has 0 unspecified atom stereocenters. The molecular formula is C15H8Cl2F3NO2. The van der Waals surface area contributed by atoms with Crippen molar-refractivity contribution in [3.8, 4) is 0 Å². The first-order chi connectivity index (χ1) is 10.7. The third-order valence-electron chi connectivity index (χ3n) is 2.94. The summed E-state index contributed by atoms with van der Waals surface area (Å²) < 4.78 is 38.8. The lowest BCUT2D eigenvalue weighted by Crippen LogP contribution is -2.19. The predicted octanol–water partition coefficient (Wildman–Crippen LogP) is 4.99. The fraction of sp³-hybridized carbons (Fsp3) is 0.0667. The minimum Gasteiger partial charge on any atom is -0.321 e. The van der Waals surface area contributed by atoms with Crippen molar-refractivity contribution in [2.24, 2.45) is 0 Å². The van der Waals surface area contributed by atoms with Crippen molar-refractivity contribution in [2.45, 2.75) is 6.18 Å². The fourth-order valence-electron chi connectivity index (χ4n) is 1.90. The molecule has 0 spiro atoms. The highest BCUT2D eigenvalue weighted by atomic mass is 35.5. The van der Waals surface area contributed by atoms with Crippen LogP contribution in [0.15, 0.2) is 42.5 Å². The average molecular weight is 362 g/mol. The third kappa shape index (κ3) is 3.83. The van der Waals surface area contributed by atoms with Crippen molar-refractivity contribution >= 4 is 40.0 Å². The van der Waals surface area contributed by atoms with Gasteiger partial charge in [-0.15, -0.1) is 0 Å². The van der Waals surface area contributed by atoms with Crippen LogP contribution in [0.5, 0.6) is 0 Å². The Labute approximate surface area is 139 Å². The molecule has 0 bridgehead atoms. The molecular weight excluding hydrogens is 354 g/mol. The molecule has 0 aliphatic rings. The second-order valence-corrected chi connectivity index (χ2v) is 5.16. The summed E-state index contributed by atoms with van der Waals surface area (Å²) in [6.07, 6.45) is -4.67. The van der Waals surface area contributed by atoms with E-state index in [4.69, 9.17) is 23.2 Å².